The summed E-state index contributed by atoms with van der Waals surface area (Å²) >= 11 is 16.6. The zero-order chi connectivity index (χ0) is 7.82. The molecule has 0 aromatic heterocycles. The summed E-state index contributed by atoms with van der Waals surface area (Å²) in [7, 11) is 0. The van der Waals surface area contributed by atoms with Gasteiger partial charge in [-0.25, -0.2) is 0 Å². The van der Waals surface area contributed by atoms with Crippen molar-refractivity contribution in [2.45, 2.75) is 0 Å². The lowest BCUT2D eigenvalue weighted by Crippen LogP contribution is -2.29. The third-order valence-electron chi connectivity index (χ3n) is 1.20. The van der Waals surface area contributed by atoms with Crippen LogP contribution in [0.25, 0.3) is 0 Å². The highest BCUT2D eigenvalue weighted by Crippen LogP contribution is 1.92. The van der Waals surface area contributed by atoms with Crippen LogP contribution in [0.1, 0.15) is 0 Å². The lowest BCUT2D eigenvalue weighted by molar-refractivity contribution is 0.327. The Morgan fingerprint density at radius 1 is 0.727 bits per heavy atom. The van der Waals surface area contributed by atoms with Crippen molar-refractivity contribution in [2.24, 2.45) is 0 Å². The molecule has 0 atom stereocenters. The molecular weight excluding hydrogens is 228 g/mol. The molecule has 0 bridgehead atoms. The maximum atomic E-state index is 5.54. The van der Waals surface area contributed by atoms with Crippen LogP contribution in [0.4, 0.5) is 0 Å². The molecule has 0 aromatic carbocycles. The van der Waals surface area contributed by atoms with Gasteiger partial charge in [0.05, 0.1) is 0 Å². The second kappa shape index (κ2) is 11.1. The van der Waals surface area contributed by atoms with Crippen molar-refractivity contribution in [1.82, 2.24) is 4.90 Å². The van der Waals surface area contributed by atoms with Gasteiger partial charge in [-0.3, -0.25) is 4.90 Å². The Morgan fingerprint density at radius 2 is 1.00 bits per heavy atom. The maximum absolute atomic E-state index is 5.54. The van der Waals surface area contributed by atoms with Crippen LogP contribution >= 0.6 is 47.2 Å². The minimum absolute atomic E-state index is 0. The molecule has 0 rings (SSSR count). The molecule has 0 radical (unpaired) electrons. The first-order chi connectivity index (χ1) is 4.85. The first kappa shape index (κ1) is 14.6. The molecule has 70 valence electrons. The van der Waals surface area contributed by atoms with E-state index in [0.717, 1.165) is 19.6 Å². The monoisotopic (exact) mass is 239 g/mol. The van der Waals surface area contributed by atoms with Gasteiger partial charge in [-0.2, -0.15) is 0 Å². The summed E-state index contributed by atoms with van der Waals surface area (Å²) in [6, 6.07) is 0. The zero-order valence-electron chi connectivity index (χ0n) is 6.23. The zero-order valence-corrected chi connectivity index (χ0v) is 9.32. The number of alkyl halides is 3. The fourth-order valence-corrected chi connectivity index (χ4v) is 1.41. The molecule has 0 saturated carbocycles. The maximum Gasteiger partial charge on any atom is 0.0351 e. The molecular formula is C6H13Cl4N. The van der Waals surface area contributed by atoms with Crippen molar-refractivity contribution in [3.05, 3.63) is 0 Å². The number of nitrogens with zero attached hydrogens (tertiary/aromatic N) is 1. The summed E-state index contributed by atoms with van der Waals surface area (Å²) in [6.07, 6.45) is 0. The highest BCUT2D eigenvalue weighted by molar-refractivity contribution is 6.18. The van der Waals surface area contributed by atoms with Crippen LogP contribution in [0.15, 0.2) is 0 Å². The van der Waals surface area contributed by atoms with E-state index in [-0.39, 0.29) is 12.4 Å². The lowest BCUT2D eigenvalue weighted by atomic mass is 10.5. The number of rotatable bonds is 6. The molecule has 0 aromatic rings. The molecule has 1 nitrogen and oxygen atoms in total. The van der Waals surface area contributed by atoms with Crippen molar-refractivity contribution in [3.63, 3.8) is 0 Å². The Morgan fingerprint density at radius 3 is 1.18 bits per heavy atom. The van der Waals surface area contributed by atoms with E-state index in [1.54, 1.807) is 0 Å². The molecule has 0 aliphatic rings. The minimum Gasteiger partial charge on any atom is -0.300 e. The Labute approximate surface area is 89.4 Å². The third kappa shape index (κ3) is 9.03. The van der Waals surface area contributed by atoms with Gasteiger partial charge >= 0.3 is 0 Å². The first-order valence-electron chi connectivity index (χ1n) is 3.25. The van der Waals surface area contributed by atoms with Gasteiger partial charge in [0.1, 0.15) is 0 Å². The van der Waals surface area contributed by atoms with Crippen molar-refractivity contribution in [2.75, 3.05) is 37.3 Å². The van der Waals surface area contributed by atoms with E-state index in [2.05, 4.69) is 4.90 Å². The highest BCUT2D eigenvalue weighted by atomic mass is 35.5. The van der Waals surface area contributed by atoms with E-state index in [0.29, 0.717) is 17.6 Å². The van der Waals surface area contributed by atoms with Crippen molar-refractivity contribution < 1.29 is 0 Å². The Kier molecular flexibility index (Phi) is 14.8. The summed E-state index contributed by atoms with van der Waals surface area (Å²) in [5.41, 5.74) is 0. The second-order valence-electron chi connectivity index (χ2n) is 1.91. The van der Waals surface area contributed by atoms with Crippen LogP contribution in [0.3, 0.4) is 0 Å². The second-order valence-corrected chi connectivity index (χ2v) is 3.04. The van der Waals surface area contributed by atoms with Crippen LogP contribution in [-0.2, 0) is 0 Å². The standard InChI is InChI=1S/C6H12Cl3N.ClH/c7-1-4-10(5-2-8)6-3-9;/h1-6H2;1H. The molecule has 0 N–H and O–H groups in total. The fraction of sp³-hybridized carbons (Fsp3) is 1.00. The lowest BCUT2D eigenvalue weighted by Gasteiger charge is -2.17. The van der Waals surface area contributed by atoms with Crippen molar-refractivity contribution in [3.8, 4) is 0 Å². The fourth-order valence-electron chi connectivity index (χ4n) is 0.694. The van der Waals surface area contributed by atoms with Gasteiger partial charge in [-0.05, 0) is 0 Å². The predicted molar refractivity (Wildman–Crippen MR) is 55.8 cm³/mol. The molecule has 0 fully saturated rings. The van der Waals surface area contributed by atoms with Crippen LogP contribution in [-0.4, -0.2) is 42.2 Å². The molecule has 0 saturated heterocycles. The number of hydrogen-bond acceptors (Lipinski definition) is 1. The topological polar surface area (TPSA) is 3.24 Å². The molecule has 11 heavy (non-hydrogen) atoms. The Hall–Kier alpha value is 1.12. The van der Waals surface area contributed by atoms with Gasteiger partial charge < -0.3 is 0 Å². The van der Waals surface area contributed by atoms with Crippen molar-refractivity contribution in [1.29, 1.82) is 0 Å². The van der Waals surface area contributed by atoms with Crippen molar-refractivity contribution >= 4 is 47.2 Å². The molecule has 0 spiro atoms. The van der Waals surface area contributed by atoms with Crippen LogP contribution in [0.2, 0.25) is 0 Å². The van der Waals surface area contributed by atoms with Gasteiger partial charge in [-0.1, -0.05) is 0 Å². The largest absolute Gasteiger partial charge is 0.300 e. The van der Waals surface area contributed by atoms with E-state index in [1.807, 2.05) is 0 Å². The normalized spacial score (nSPS) is 9.82. The van der Waals surface area contributed by atoms with E-state index >= 15 is 0 Å². The van der Waals surface area contributed by atoms with Gasteiger partial charge in [0.25, 0.3) is 0 Å². The van der Waals surface area contributed by atoms with Gasteiger partial charge in [0.2, 0.25) is 0 Å². The molecule has 0 amide bonds. The summed E-state index contributed by atoms with van der Waals surface area (Å²) in [5.74, 6) is 1.94. The summed E-state index contributed by atoms with van der Waals surface area (Å²) in [5, 5.41) is 0. The Balaban J connectivity index is 0. The average Bonchev–Trinajstić information content (AvgIpc) is 1.90. The smallest absolute Gasteiger partial charge is 0.0351 e. The SMILES string of the molecule is Cl.ClCCN(CCCl)CCCl. The molecule has 0 unspecified atom stereocenters. The number of halogens is 4. The number of hydrogen-bond donors (Lipinski definition) is 0. The summed E-state index contributed by atoms with van der Waals surface area (Å²) < 4.78 is 0. The highest BCUT2D eigenvalue weighted by Gasteiger charge is 2.00. The van der Waals surface area contributed by atoms with Gasteiger partial charge in [0.15, 0.2) is 0 Å². The molecule has 5 heteroatoms. The summed E-state index contributed by atoms with van der Waals surface area (Å²) in [4.78, 5) is 2.15. The molecule has 0 aliphatic carbocycles. The van der Waals surface area contributed by atoms with E-state index in [1.165, 1.54) is 0 Å². The molecule has 0 heterocycles. The first-order valence-corrected chi connectivity index (χ1v) is 4.85. The summed E-state index contributed by atoms with van der Waals surface area (Å²) in [6.45, 7) is 2.63. The van der Waals surface area contributed by atoms with E-state index < -0.39 is 0 Å². The van der Waals surface area contributed by atoms with Crippen LogP contribution in [0, 0.1) is 0 Å². The predicted octanol–water partition coefficient (Wildman–Crippen LogP) is 2.43. The quantitative estimate of drug-likeness (QED) is 0.645. The minimum atomic E-state index is 0. The van der Waals surface area contributed by atoms with Gasteiger partial charge in [-0.15, -0.1) is 47.2 Å². The van der Waals surface area contributed by atoms with Crippen LogP contribution < -0.4 is 0 Å². The Bertz CT molecular complexity index is 57.3. The molecule has 0 aliphatic heterocycles. The van der Waals surface area contributed by atoms with E-state index in [9.17, 15) is 0 Å². The van der Waals surface area contributed by atoms with E-state index in [4.69, 9.17) is 34.8 Å². The van der Waals surface area contributed by atoms with Crippen LogP contribution in [0.5, 0.6) is 0 Å². The third-order valence-corrected chi connectivity index (χ3v) is 1.71. The van der Waals surface area contributed by atoms with Gasteiger partial charge in [0, 0.05) is 37.3 Å². The average molecular weight is 241 g/mol.